The number of aliphatic hydroxyl groups is 2. The van der Waals surface area contributed by atoms with E-state index in [-0.39, 0.29) is 27.8 Å². The van der Waals surface area contributed by atoms with Crippen LogP contribution in [0, 0.1) is 39.4 Å². The molecule has 31 heavy (non-hydrogen) atoms. The summed E-state index contributed by atoms with van der Waals surface area (Å²) in [6.45, 7) is 4.70. The second kappa shape index (κ2) is 6.72. The maximum Gasteiger partial charge on any atom is 0.0715 e. The van der Waals surface area contributed by atoms with Gasteiger partial charge in [0.15, 0.2) is 0 Å². The first kappa shape index (κ1) is 21.4. The first-order chi connectivity index (χ1) is 14.8. The molecule has 0 aromatic rings. The van der Waals surface area contributed by atoms with Gasteiger partial charge in [0.25, 0.3) is 0 Å². The Labute approximate surface area is 190 Å². The zero-order chi connectivity index (χ0) is 21.7. The lowest BCUT2D eigenvalue weighted by Crippen LogP contribution is -2.77. The highest BCUT2D eigenvalue weighted by atomic mass is 16.3. The van der Waals surface area contributed by atoms with Gasteiger partial charge in [-0.1, -0.05) is 46.0 Å². The van der Waals surface area contributed by atoms with Crippen molar-refractivity contribution in [3.8, 4) is 0 Å². The first-order valence-electron chi connectivity index (χ1n) is 13.9. The Bertz CT molecular complexity index is 741. The van der Waals surface area contributed by atoms with Gasteiger partial charge in [0.05, 0.1) is 11.7 Å². The van der Waals surface area contributed by atoms with Crippen LogP contribution in [0.1, 0.15) is 110 Å². The van der Waals surface area contributed by atoms with Crippen LogP contribution in [0.3, 0.4) is 0 Å². The van der Waals surface area contributed by atoms with Crippen LogP contribution >= 0.6 is 0 Å². The normalized spacial score (nSPS) is 59.3. The lowest BCUT2D eigenvalue weighted by molar-refractivity contribution is -0.346. The summed E-state index contributed by atoms with van der Waals surface area (Å²) in [6, 6.07) is 0.590. The van der Waals surface area contributed by atoms with Crippen LogP contribution in [0.2, 0.25) is 0 Å². The summed E-state index contributed by atoms with van der Waals surface area (Å²) >= 11 is 0. The molecular weight excluding hydrogens is 382 g/mol. The fourth-order valence-electron chi connectivity index (χ4n) is 11.9. The lowest BCUT2D eigenvalue weighted by Gasteiger charge is -2.78. The summed E-state index contributed by atoms with van der Waals surface area (Å²) in [5.41, 5.74) is -0.201. The molecule has 8 rings (SSSR count). The maximum absolute atomic E-state index is 12.5. The second-order valence-electron chi connectivity index (χ2n) is 13.7. The Balaban J connectivity index is 1.47. The Morgan fingerprint density at radius 1 is 1.03 bits per heavy atom. The van der Waals surface area contributed by atoms with E-state index < -0.39 is 5.60 Å². The summed E-state index contributed by atoms with van der Waals surface area (Å²) < 4.78 is 0. The number of aliphatic hydroxyl groups excluding tert-OH is 1. The Kier molecular flexibility index (Phi) is 4.65. The van der Waals surface area contributed by atoms with E-state index >= 15 is 0 Å². The fourth-order valence-corrected chi connectivity index (χ4v) is 11.9. The molecule has 0 radical (unpaired) electrons. The highest BCUT2D eigenvalue weighted by Crippen LogP contribution is 2.89. The Hall–Kier alpha value is -0.120. The number of nitrogens with one attached hydrogen (secondary N) is 1. The molecule has 3 N–H and O–H groups in total. The maximum atomic E-state index is 12.5. The van der Waals surface area contributed by atoms with Crippen LogP contribution in [-0.4, -0.2) is 35.0 Å². The molecule has 0 aromatic heterocycles. The summed E-state index contributed by atoms with van der Waals surface area (Å²) in [5, 5.41) is 28.5. The summed E-state index contributed by atoms with van der Waals surface area (Å²) in [5.74, 6) is 2.22. The largest absolute Gasteiger partial charge is 0.392 e. The molecule has 0 heterocycles. The molecule has 10 unspecified atom stereocenters. The van der Waals surface area contributed by atoms with E-state index in [4.69, 9.17) is 0 Å². The molecule has 0 amide bonds. The van der Waals surface area contributed by atoms with E-state index in [1.807, 2.05) is 0 Å². The van der Waals surface area contributed by atoms with Gasteiger partial charge in [0.2, 0.25) is 0 Å². The van der Waals surface area contributed by atoms with E-state index in [2.05, 4.69) is 26.2 Å². The molecule has 176 valence electrons. The highest BCUT2D eigenvalue weighted by Gasteiger charge is 2.87. The lowest BCUT2D eigenvalue weighted by atomic mass is 9.27. The van der Waals surface area contributed by atoms with Crippen LogP contribution in [0.4, 0.5) is 0 Å². The average Bonchev–Trinajstić information content (AvgIpc) is 2.94. The van der Waals surface area contributed by atoms with Gasteiger partial charge in [-0.05, 0) is 99.8 Å². The molecule has 6 bridgehead atoms. The van der Waals surface area contributed by atoms with Crippen LogP contribution in [-0.2, 0) is 0 Å². The van der Waals surface area contributed by atoms with Gasteiger partial charge in [-0.3, -0.25) is 0 Å². The fraction of sp³-hybridized carbons (Fsp3) is 1.00. The van der Waals surface area contributed by atoms with Gasteiger partial charge in [-0.15, -0.1) is 0 Å². The van der Waals surface area contributed by atoms with Gasteiger partial charge in [0.1, 0.15) is 0 Å². The van der Waals surface area contributed by atoms with E-state index in [0.29, 0.717) is 17.9 Å². The number of fused-ring (bicyclic) bond motifs is 3. The van der Waals surface area contributed by atoms with Gasteiger partial charge in [0, 0.05) is 16.9 Å². The van der Waals surface area contributed by atoms with Gasteiger partial charge in [-0.25, -0.2) is 0 Å². The number of unbranched alkanes of at least 4 members (excludes halogenated alkanes) is 2. The predicted molar refractivity (Wildman–Crippen MR) is 125 cm³/mol. The zero-order valence-electron chi connectivity index (χ0n) is 20.4. The Morgan fingerprint density at radius 2 is 1.87 bits per heavy atom. The van der Waals surface area contributed by atoms with Crippen LogP contribution in [0.5, 0.6) is 0 Å². The summed E-state index contributed by atoms with van der Waals surface area (Å²) in [7, 11) is 2.20. The van der Waals surface area contributed by atoms with Crippen LogP contribution < -0.4 is 5.32 Å². The van der Waals surface area contributed by atoms with E-state index in [1.54, 1.807) is 0 Å². The van der Waals surface area contributed by atoms with Crippen molar-refractivity contribution in [2.45, 2.75) is 128 Å². The highest BCUT2D eigenvalue weighted by molar-refractivity contribution is 5.36. The van der Waals surface area contributed by atoms with E-state index in [0.717, 1.165) is 31.6 Å². The van der Waals surface area contributed by atoms with Crippen molar-refractivity contribution in [2.24, 2.45) is 39.4 Å². The molecule has 3 nitrogen and oxygen atoms in total. The van der Waals surface area contributed by atoms with Crippen molar-refractivity contribution in [1.29, 1.82) is 0 Å². The van der Waals surface area contributed by atoms with Crippen LogP contribution in [0.25, 0.3) is 0 Å². The van der Waals surface area contributed by atoms with Crippen molar-refractivity contribution in [2.75, 3.05) is 7.05 Å². The molecule has 3 spiro atoms. The van der Waals surface area contributed by atoms with Gasteiger partial charge in [-0.2, -0.15) is 0 Å². The number of hydrogen-bond donors (Lipinski definition) is 3. The number of hydrogen-bond acceptors (Lipinski definition) is 3. The second-order valence-corrected chi connectivity index (χ2v) is 13.7. The molecule has 0 aliphatic heterocycles. The molecule has 0 saturated heterocycles. The third-order valence-corrected chi connectivity index (χ3v) is 12.6. The minimum atomic E-state index is -0.547. The molecule has 8 fully saturated rings. The SMILES string of the molecule is CCCCCC1CC2C(NC)C3CCC45C(O)CC6(C)CCCC(O)(C6)C4(C3)CC25C1. The molecule has 8 aliphatic rings. The standard InChI is InChI=1S/C28H47NO2/c1-4-5-6-8-19-13-21-23(29-3)20-9-12-28-22(30)16-24(2)10-7-11-27(31,17-24)26(28,15-20)18-25(21,28)14-19/h19-23,29-31H,4-18H2,1-3H3. The molecular formula is C28H47NO2. The van der Waals surface area contributed by atoms with Crippen molar-refractivity contribution < 1.29 is 10.2 Å². The third kappa shape index (κ3) is 2.38. The minimum Gasteiger partial charge on any atom is -0.392 e. The summed E-state index contributed by atoms with van der Waals surface area (Å²) in [4.78, 5) is 0. The molecule has 3 heteroatoms. The van der Waals surface area contributed by atoms with Crippen molar-refractivity contribution in [1.82, 2.24) is 5.32 Å². The molecule has 10 atom stereocenters. The molecule has 8 saturated carbocycles. The summed E-state index contributed by atoms with van der Waals surface area (Å²) in [6.07, 6.45) is 17.9. The minimum absolute atomic E-state index is 0.0247. The van der Waals surface area contributed by atoms with E-state index in [9.17, 15) is 10.2 Å². The van der Waals surface area contributed by atoms with Crippen molar-refractivity contribution in [3.63, 3.8) is 0 Å². The zero-order valence-corrected chi connectivity index (χ0v) is 20.4. The monoisotopic (exact) mass is 429 g/mol. The smallest absolute Gasteiger partial charge is 0.0715 e. The average molecular weight is 430 g/mol. The quantitative estimate of drug-likeness (QED) is 0.511. The molecule has 0 aromatic carbocycles. The number of rotatable bonds is 5. The Morgan fingerprint density at radius 3 is 2.65 bits per heavy atom. The van der Waals surface area contributed by atoms with Crippen molar-refractivity contribution in [3.05, 3.63) is 0 Å². The van der Waals surface area contributed by atoms with E-state index in [1.165, 1.54) is 70.6 Å². The first-order valence-corrected chi connectivity index (χ1v) is 13.9. The van der Waals surface area contributed by atoms with Gasteiger partial charge < -0.3 is 15.5 Å². The predicted octanol–water partition coefficient (Wildman–Crippen LogP) is 5.43. The van der Waals surface area contributed by atoms with Crippen molar-refractivity contribution >= 4 is 0 Å². The topological polar surface area (TPSA) is 52.5 Å². The van der Waals surface area contributed by atoms with Crippen LogP contribution in [0.15, 0.2) is 0 Å². The van der Waals surface area contributed by atoms with Gasteiger partial charge >= 0.3 is 0 Å². The third-order valence-electron chi connectivity index (χ3n) is 12.6. The molecule has 8 aliphatic carbocycles.